The molecule has 1 aromatic carbocycles. The second kappa shape index (κ2) is 11.7. The lowest BCUT2D eigenvalue weighted by Gasteiger charge is -2.37. The predicted molar refractivity (Wildman–Crippen MR) is 129 cm³/mol. The third-order valence-corrected chi connectivity index (χ3v) is 7.51. The first-order valence-electron chi connectivity index (χ1n) is 11.4. The Morgan fingerprint density at radius 1 is 1.36 bits per heavy atom. The molecule has 0 spiro atoms. The molecule has 0 unspecified atom stereocenters. The number of amides is 2. The zero-order valence-electron chi connectivity index (χ0n) is 20.5. The standard InChI is InChI=1S/C24H37N3O5S/c1-7-8-9-10-20-11-12-23-21(13-20)32-22(15-26(6)24(29)25-17(2)3)18(4)14-27(19(5)16-28)33(23,30)31/h11-13,17-19,22,28H,7-8,14-16H2,1-6H3,(H,25,29)/t18-,19+,22+/m1/s1. The maximum atomic E-state index is 13.5. The van der Waals surface area contributed by atoms with E-state index in [1.807, 2.05) is 27.7 Å². The molecule has 0 saturated heterocycles. The van der Waals surface area contributed by atoms with Crippen molar-refractivity contribution in [2.45, 2.75) is 70.5 Å². The average Bonchev–Trinajstić information content (AvgIpc) is 2.75. The summed E-state index contributed by atoms with van der Waals surface area (Å²) < 4.78 is 34.5. The van der Waals surface area contributed by atoms with Crippen LogP contribution in [0.15, 0.2) is 23.1 Å². The SMILES string of the molecule is CCCC#Cc1ccc2c(c1)O[C@@H](CN(C)C(=O)NC(C)C)[C@H](C)CN([C@@H](C)CO)S2(=O)=O. The molecule has 1 heterocycles. The Hall–Kier alpha value is -2.28. The van der Waals surface area contributed by atoms with Gasteiger partial charge >= 0.3 is 6.03 Å². The van der Waals surface area contributed by atoms with Gasteiger partial charge in [-0.25, -0.2) is 13.2 Å². The molecule has 2 N–H and O–H groups in total. The molecule has 1 aromatic rings. The third kappa shape index (κ3) is 6.85. The Bertz CT molecular complexity index is 984. The molecule has 0 radical (unpaired) electrons. The van der Waals surface area contributed by atoms with E-state index in [2.05, 4.69) is 17.2 Å². The van der Waals surface area contributed by atoms with Gasteiger partial charge in [0.25, 0.3) is 0 Å². The van der Waals surface area contributed by atoms with Crippen LogP contribution in [0.4, 0.5) is 4.79 Å². The lowest BCUT2D eigenvalue weighted by atomic mass is 10.0. The van der Waals surface area contributed by atoms with Crippen LogP contribution >= 0.6 is 0 Å². The molecule has 8 nitrogen and oxygen atoms in total. The summed E-state index contributed by atoms with van der Waals surface area (Å²) in [4.78, 5) is 14.0. The van der Waals surface area contributed by atoms with Crippen molar-refractivity contribution in [3.8, 4) is 17.6 Å². The second-order valence-electron chi connectivity index (χ2n) is 8.94. The fourth-order valence-corrected chi connectivity index (χ4v) is 5.35. The summed E-state index contributed by atoms with van der Waals surface area (Å²) in [6, 6.07) is 4.00. The van der Waals surface area contributed by atoms with Crippen LogP contribution in [0.25, 0.3) is 0 Å². The summed E-state index contributed by atoms with van der Waals surface area (Å²) in [6.45, 7) is 9.51. The zero-order valence-corrected chi connectivity index (χ0v) is 21.3. The van der Waals surface area contributed by atoms with Crippen LogP contribution in [0, 0.1) is 17.8 Å². The number of carbonyl (C=O) groups excluding carboxylic acids is 1. The van der Waals surface area contributed by atoms with Gasteiger partial charge < -0.3 is 20.1 Å². The molecule has 0 saturated carbocycles. The molecule has 2 amide bonds. The maximum absolute atomic E-state index is 13.5. The highest BCUT2D eigenvalue weighted by Gasteiger charge is 2.38. The quantitative estimate of drug-likeness (QED) is 0.611. The van der Waals surface area contributed by atoms with Crippen LogP contribution in [0.2, 0.25) is 0 Å². The Labute approximate surface area is 198 Å². The van der Waals surface area contributed by atoms with Crippen LogP contribution in [0.1, 0.15) is 53.0 Å². The Morgan fingerprint density at radius 3 is 2.67 bits per heavy atom. The monoisotopic (exact) mass is 479 g/mol. The van der Waals surface area contributed by atoms with E-state index in [0.29, 0.717) is 5.56 Å². The number of unbranched alkanes of at least 4 members (excludes halogenated alkanes) is 1. The number of fused-ring (bicyclic) bond motifs is 1. The Balaban J connectivity index is 2.50. The summed E-state index contributed by atoms with van der Waals surface area (Å²) in [6.07, 6.45) is 1.21. The van der Waals surface area contributed by atoms with E-state index >= 15 is 0 Å². The van der Waals surface area contributed by atoms with Crippen LogP contribution < -0.4 is 10.1 Å². The number of carbonyl (C=O) groups is 1. The molecule has 33 heavy (non-hydrogen) atoms. The number of hydrogen-bond donors (Lipinski definition) is 2. The fraction of sp³-hybridized carbons (Fsp3) is 0.625. The number of aliphatic hydroxyl groups is 1. The molecule has 9 heteroatoms. The number of nitrogens with zero attached hydrogens (tertiary/aromatic N) is 2. The first kappa shape index (κ1) is 27.0. The van der Waals surface area contributed by atoms with Crippen LogP contribution in [0.5, 0.6) is 5.75 Å². The van der Waals surface area contributed by atoms with E-state index in [0.717, 1.165) is 12.8 Å². The van der Waals surface area contributed by atoms with Crippen molar-refractivity contribution in [2.24, 2.45) is 5.92 Å². The molecular formula is C24H37N3O5S. The lowest BCUT2D eigenvalue weighted by molar-refractivity contribution is 0.0809. The van der Waals surface area contributed by atoms with Gasteiger partial charge in [-0.1, -0.05) is 25.7 Å². The number of urea groups is 1. The lowest BCUT2D eigenvalue weighted by Crippen LogP contribution is -2.51. The van der Waals surface area contributed by atoms with Gasteiger partial charge in [0.2, 0.25) is 10.0 Å². The second-order valence-corrected chi connectivity index (χ2v) is 10.8. The largest absolute Gasteiger partial charge is 0.487 e. The normalized spacial score (nSPS) is 21.0. The van der Waals surface area contributed by atoms with Crippen molar-refractivity contribution in [1.29, 1.82) is 0 Å². The molecule has 0 fully saturated rings. The predicted octanol–water partition coefficient (Wildman–Crippen LogP) is 2.66. The number of sulfonamides is 1. The van der Waals surface area contributed by atoms with E-state index in [1.54, 1.807) is 31.0 Å². The van der Waals surface area contributed by atoms with Crippen molar-refractivity contribution in [2.75, 3.05) is 26.7 Å². The van der Waals surface area contributed by atoms with E-state index in [1.165, 1.54) is 10.4 Å². The zero-order chi connectivity index (χ0) is 24.8. The summed E-state index contributed by atoms with van der Waals surface area (Å²) in [5.74, 6) is 6.09. The number of aliphatic hydroxyl groups excluding tert-OH is 1. The Morgan fingerprint density at radius 2 is 2.06 bits per heavy atom. The first-order valence-corrected chi connectivity index (χ1v) is 12.9. The van der Waals surface area contributed by atoms with Crippen molar-refractivity contribution < 1.29 is 23.1 Å². The highest BCUT2D eigenvalue weighted by molar-refractivity contribution is 7.89. The molecule has 1 aliphatic rings. The van der Waals surface area contributed by atoms with Gasteiger partial charge in [-0.15, -0.1) is 0 Å². The molecule has 2 rings (SSSR count). The summed E-state index contributed by atoms with van der Waals surface area (Å²) >= 11 is 0. The minimum Gasteiger partial charge on any atom is -0.487 e. The fourth-order valence-electron chi connectivity index (χ4n) is 3.52. The molecular weight excluding hydrogens is 442 g/mol. The topological polar surface area (TPSA) is 99.2 Å². The van der Waals surface area contributed by atoms with Crippen molar-refractivity contribution >= 4 is 16.1 Å². The van der Waals surface area contributed by atoms with Gasteiger partial charge in [0.05, 0.1) is 13.2 Å². The molecule has 3 atom stereocenters. The minimum absolute atomic E-state index is 0.00774. The van der Waals surface area contributed by atoms with E-state index in [-0.39, 0.29) is 48.3 Å². The van der Waals surface area contributed by atoms with Crippen molar-refractivity contribution in [1.82, 2.24) is 14.5 Å². The number of rotatable bonds is 6. The van der Waals surface area contributed by atoms with Gasteiger partial charge in [-0.05, 0) is 45.4 Å². The van der Waals surface area contributed by atoms with E-state index < -0.39 is 22.2 Å². The first-order chi connectivity index (χ1) is 15.5. The minimum atomic E-state index is -3.91. The number of hydrogen-bond acceptors (Lipinski definition) is 5. The number of likely N-dealkylation sites (N-methyl/N-ethyl adjacent to an activating group) is 1. The molecule has 184 valence electrons. The molecule has 0 aromatic heterocycles. The molecule has 1 aliphatic heterocycles. The van der Waals surface area contributed by atoms with Crippen molar-refractivity contribution in [3.05, 3.63) is 23.8 Å². The van der Waals surface area contributed by atoms with Crippen LogP contribution in [-0.4, -0.2) is 73.7 Å². The molecule has 0 bridgehead atoms. The van der Waals surface area contributed by atoms with E-state index in [4.69, 9.17) is 4.74 Å². The number of benzene rings is 1. The highest BCUT2D eigenvalue weighted by atomic mass is 32.2. The number of ether oxygens (including phenoxy) is 1. The summed E-state index contributed by atoms with van der Waals surface area (Å²) in [5, 5.41) is 12.6. The van der Waals surface area contributed by atoms with Crippen LogP contribution in [-0.2, 0) is 10.0 Å². The smallest absolute Gasteiger partial charge is 0.317 e. The van der Waals surface area contributed by atoms with Crippen LogP contribution in [0.3, 0.4) is 0 Å². The Kier molecular flexibility index (Phi) is 9.58. The molecule has 0 aliphatic carbocycles. The van der Waals surface area contributed by atoms with Gasteiger partial charge in [-0.3, -0.25) is 0 Å². The maximum Gasteiger partial charge on any atom is 0.317 e. The van der Waals surface area contributed by atoms with Gasteiger partial charge in [0.1, 0.15) is 16.7 Å². The summed E-state index contributed by atoms with van der Waals surface area (Å²) in [5.41, 5.74) is 0.664. The average molecular weight is 480 g/mol. The third-order valence-electron chi connectivity index (χ3n) is 5.49. The van der Waals surface area contributed by atoms with Crippen molar-refractivity contribution in [3.63, 3.8) is 0 Å². The van der Waals surface area contributed by atoms with Gasteiger partial charge in [0, 0.05) is 43.6 Å². The summed E-state index contributed by atoms with van der Waals surface area (Å²) in [7, 11) is -2.22. The van der Waals surface area contributed by atoms with Gasteiger partial charge in [0.15, 0.2) is 0 Å². The number of nitrogens with one attached hydrogen (secondary N) is 1. The van der Waals surface area contributed by atoms with Gasteiger partial charge in [-0.2, -0.15) is 4.31 Å². The van der Waals surface area contributed by atoms with E-state index in [9.17, 15) is 18.3 Å². The highest BCUT2D eigenvalue weighted by Crippen LogP contribution is 2.34.